The molecular weight excluding hydrogens is 400 g/mol. The zero-order valence-electron chi connectivity index (χ0n) is 17.2. The Morgan fingerprint density at radius 3 is 2.68 bits per heavy atom. The van der Waals surface area contributed by atoms with Gasteiger partial charge in [-0.1, -0.05) is 0 Å². The molecule has 10 heteroatoms. The predicted octanol–water partition coefficient (Wildman–Crippen LogP) is 2.05. The Labute approximate surface area is 178 Å². The van der Waals surface area contributed by atoms with Crippen molar-refractivity contribution in [2.45, 2.75) is 26.8 Å². The van der Waals surface area contributed by atoms with E-state index >= 15 is 0 Å². The number of nitrogens with zero attached hydrogens (tertiary/aromatic N) is 5. The van der Waals surface area contributed by atoms with Crippen LogP contribution in [-0.2, 0) is 11.3 Å². The van der Waals surface area contributed by atoms with Crippen LogP contribution >= 0.6 is 0 Å². The SMILES string of the molecule is Cc1cc(N2CCOc3ncnc(N)c3C2=O)cc(C)c1-c1cnn(CCC(=O)O)c1. The molecule has 10 nitrogen and oxygen atoms in total. The van der Waals surface area contributed by atoms with E-state index in [1.165, 1.54) is 6.33 Å². The van der Waals surface area contributed by atoms with Gasteiger partial charge in [-0.25, -0.2) is 9.97 Å². The van der Waals surface area contributed by atoms with Crippen LogP contribution in [0.1, 0.15) is 27.9 Å². The summed E-state index contributed by atoms with van der Waals surface area (Å²) in [5.41, 5.74) is 10.6. The van der Waals surface area contributed by atoms with Crippen LogP contribution in [0.5, 0.6) is 5.88 Å². The van der Waals surface area contributed by atoms with Crippen LogP contribution in [0.3, 0.4) is 0 Å². The fourth-order valence-electron chi connectivity index (χ4n) is 3.79. The number of rotatable bonds is 5. The highest BCUT2D eigenvalue weighted by molar-refractivity contribution is 6.10. The van der Waals surface area contributed by atoms with E-state index in [0.717, 1.165) is 27.9 Å². The molecule has 3 aromatic rings. The third-order valence-electron chi connectivity index (χ3n) is 5.16. The standard InChI is InChI=1S/C21H22N6O4/c1-12-7-15(27-5-6-31-20-18(21(27)30)19(22)23-11-24-20)8-13(2)17(12)14-9-25-26(10-14)4-3-16(28)29/h7-11H,3-6H2,1-2H3,(H,28,29)(H2,22,23,24). The zero-order chi connectivity index (χ0) is 22.1. The van der Waals surface area contributed by atoms with Gasteiger partial charge in [-0.15, -0.1) is 0 Å². The van der Waals surface area contributed by atoms with Crippen LogP contribution < -0.4 is 15.4 Å². The van der Waals surface area contributed by atoms with Crippen LogP contribution in [0.15, 0.2) is 30.9 Å². The van der Waals surface area contributed by atoms with E-state index in [1.54, 1.807) is 15.8 Å². The first-order valence-electron chi connectivity index (χ1n) is 9.76. The lowest BCUT2D eigenvalue weighted by Crippen LogP contribution is -2.33. The number of hydrogen-bond acceptors (Lipinski definition) is 7. The molecule has 0 aliphatic carbocycles. The molecule has 0 saturated heterocycles. The number of carboxylic acids is 1. The molecule has 160 valence electrons. The summed E-state index contributed by atoms with van der Waals surface area (Å²) in [4.78, 5) is 33.6. The van der Waals surface area contributed by atoms with Crippen molar-refractivity contribution in [3.63, 3.8) is 0 Å². The summed E-state index contributed by atoms with van der Waals surface area (Å²) >= 11 is 0. The lowest BCUT2D eigenvalue weighted by Gasteiger charge is -2.22. The monoisotopic (exact) mass is 422 g/mol. The fourth-order valence-corrected chi connectivity index (χ4v) is 3.79. The van der Waals surface area contributed by atoms with Gasteiger partial charge in [-0.3, -0.25) is 14.3 Å². The van der Waals surface area contributed by atoms with E-state index in [4.69, 9.17) is 15.6 Å². The number of aromatic nitrogens is 4. The highest BCUT2D eigenvalue weighted by Crippen LogP contribution is 2.33. The second-order valence-corrected chi connectivity index (χ2v) is 7.33. The van der Waals surface area contributed by atoms with E-state index in [1.807, 2.05) is 32.2 Å². The molecule has 31 heavy (non-hydrogen) atoms. The summed E-state index contributed by atoms with van der Waals surface area (Å²) in [7, 11) is 0. The second-order valence-electron chi connectivity index (χ2n) is 7.33. The van der Waals surface area contributed by atoms with Crippen LogP contribution in [0, 0.1) is 13.8 Å². The van der Waals surface area contributed by atoms with E-state index in [9.17, 15) is 9.59 Å². The maximum Gasteiger partial charge on any atom is 0.305 e. The summed E-state index contributed by atoms with van der Waals surface area (Å²) in [6.07, 6.45) is 4.83. The van der Waals surface area contributed by atoms with Crippen LogP contribution in [0.25, 0.3) is 11.1 Å². The van der Waals surface area contributed by atoms with Gasteiger partial charge >= 0.3 is 5.97 Å². The molecule has 3 N–H and O–H groups in total. The molecule has 2 aromatic heterocycles. The van der Waals surface area contributed by atoms with E-state index in [-0.39, 0.29) is 36.2 Å². The quantitative estimate of drug-likeness (QED) is 0.637. The Hall–Kier alpha value is -3.95. The number of hydrogen-bond donors (Lipinski definition) is 2. The number of carbonyl (C=O) groups excluding carboxylic acids is 1. The molecule has 0 atom stereocenters. The summed E-state index contributed by atoms with van der Waals surface area (Å²) in [6, 6.07) is 3.86. The molecule has 0 fully saturated rings. The van der Waals surface area contributed by atoms with Crippen molar-refractivity contribution in [2.75, 3.05) is 23.8 Å². The van der Waals surface area contributed by atoms with Gasteiger partial charge in [0, 0.05) is 17.4 Å². The number of aryl methyl sites for hydroxylation is 3. The Morgan fingerprint density at radius 2 is 1.97 bits per heavy atom. The highest BCUT2D eigenvalue weighted by Gasteiger charge is 2.29. The number of anilines is 2. The molecule has 0 bridgehead atoms. The third-order valence-corrected chi connectivity index (χ3v) is 5.16. The number of carboxylic acid groups (broad SMARTS) is 1. The van der Waals surface area contributed by atoms with Gasteiger partial charge in [0.15, 0.2) is 0 Å². The second kappa shape index (κ2) is 8.05. The molecule has 1 amide bonds. The van der Waals surface area contributed by atoms with Gasteiger partial charge < -0.3 is 20.5 Å². The number of nitrogen functional groups attached to an aromatic ring is 1. The molecule has 0 spiro atoms. The Morgan fingerprint density at radius 1 is 1.23 bits per heavy atom. The van der Waals surface area contributed by atoms with E-state index < -0.39 is 5.97 Å². The first kappa shape index (κ1) is 20.3. The van der Waals surface area contributed by atoms with Gasteiger partial charge in [0.25, 0.3) is 5.91 Å². The number of fused-ring (bicyclic) bond motifs is 1. The average molecular weight is 422 g/mol. The van der Waals surface area contributed by atoms with Gasteiger partial charge in [0.1, 0.15) is 24.3 Å². The van der Waals surface area contributed by atoms with Crippen molar-refractivity contribution in [1.82, 2.24) is 19.7 Å². The minimum Gasteiger partial charge on any atom is -0.481 e. The van der Waals surface area contributed by atoms with Gasteiger partial charge in [0.2, 0.25) is 5.88 Å². The molecule has 1 aromatic carbocycles. The van der Waals surface area contributed by atoms with Crippen molar-refractivity contribution in [3.8, 4) is 17.0 Å². The summed E-state index contributed by atoms with van der Waals surface area (Å²) in [5.74, 6) is -0.898. The fraction of sp³-hybridized carbons (Fsp3) is 0.286. The molecule has 0 unspecified atom stereocenters. The lowest BCUT2D eigenvalue weighted by atomic mass is 9.96. The first-order valence-corrected chi connectivity index (χ1v) is 9.76. The van der Waals surface area contributed by atoms with Crippen LogP contribution in [0.4, 0.5) is 11.5 Å². The van der Waals surface area contributed by atoms with Gasteiger partial charge in [-0.05, 0) is 42.7 Å². The van der Waals surface area contributed by atoms with Crippen molar-refractivity contribution in [2.24, 2.45) is 0 Å². The van der Waals surface area contributed by atoms with Crippen molar-refractivity contribution in [3.05, 3.63) is 47.5 Å². The first-order chi connectivity index (χ1) is 14.8. The third kappa shape index (κ3) is 3.91. The molecule has 4 rings (SSSR count). The van der Waals surface area contributed by atoms with Crippen molar-refractivity contribution < 1.29 is 19.4 Å². The Bertz CT molecular complexity index is 1150. The molecular formula is C21H22N6O4. The summed E-state index contributed by atoms with van der Waals surface area (Å²) in [6.45, 7) is 4.86. The Balaban J connectivity index is 1.67. The number of nitrogens with two attached hydrogens (primary N) is 1. The number of aliphatic carboxylic acids is 1. The van der Waals surface area contributed by atoms with Gasteiger partial charge in [0.05, 0.1) is 25.7 Å². The van der Waals surface area contributed by atoms with E-state index in [2.05, 4.69) is 15.1 Å². The average Bonchev–Trinajstić information content (AvgIpc) is 3.09. The number of amides is 1. The molecule has 1 aliphatic heterocycles. The van der Waals surface area contributed by atoms with Crippen LogP contribution in [-0.4, -0.2) is 49.9 Å². The zero-order valence-corrected chi connectivity index (χ0v) is 17.2. The Kier molecular flexibility index (Phi) is 5.28. The molecule has 3 heterocycles. The van der Waals surface area contributed by atoms with Gasteiger partial charge in [-0.2, -0.15) is 5.10 Å². The van der Waals surface area contributed by atoms with Crippen LogP contribution in [0.2, 0.25) is 0 Å². The number of benzene rings is 1. The topological polar surface area (TPSA) is 136 Å². The molecule has 1 aliphatic rings. The highest BCUT2D eigenvalue weighted by atomic mass is 16.5. The lowest BCUT2D eigenvalue weighted by molar-refractivity contribution is -0.137. The normalized spacial score (nSPS) is 13.5. The van der Waals surface area contributed by atoms with Crippen molar-refractivity contribution >= 4 is 23.4 Å². The smallest absolute Gasteiger partial charge is 0.305 e. The minimum absolute atomic E-state index is 0.00544. The minimum atomic E-state index is -0.868. The van der Waals surface area contributed by atoms with Crippen molar-refractivity contribution in [1.29, 1.82) is 0 Å². The molecule has 0 radical (unpaired) electrons. The predicted molar refractivity (Wildman–Crippen MR) is 113 cm³/mol. The largest absolute Gasteiger partial charge is 0.481 e. The maximum atomic E-state index is 13.2. The maximum absolute atomic E-state index is 13.2. The summed E-state index contributed by atoms with van der Waals surface area (Å²) < 4.78 is 7.22. The summed E-state index contributed by atoms with van der Waals surface area (Å²) in [5, 5.41) is 13.1. The van der Waals surface area contributed by atoms with E-state index in [0.29, 0.717) is 13.1 Å². The molecule has 0 saturated carbocycles. The number of carbonyl (C=O) groups is 2. The number of ether oxygens (including phenoxy) is 1.